The molecule has 0 spiro atoms. The number of benzene rings is 2. The first-order valence-corrected chi connectivity index (χ1v) is 9.47. The van der Waals surface area contributed by atoms with Gasteiger partial charge in [-0.15, -0.1) is 0 Å². The summed E-state index contributed by atoms with van der Waals surface area (Å²) in [6.45, 7) is 2.36. The third-order valence-electron chi connectivity index (χ3n) is 6.31. The van der Waals surface area contributed by atoms with E-state index in [2.05, 4.69) is 6.92 Å². The largest absolute Gasteiger partial charge is 0.206 e. The number of rotatable bonds is 1. The zero-order chi connectivity index (χ0) is 16.8. The zero-order valence-corrected chi connectivity index (χ0v) is 14.8. The molecule has 0 heterocycles. The van der Waals surface area contributed by atoms with Crippen molar-refractivity contribution in [3.63, 3.8) is 0 Å². The lowest BCUT2D eigenvalue weighted by Crippen LogP contribution is -2.29. The molecule has 4 atom stereocenters. The van der Waals surface area contributed by atoms with Crippen LogP contribution in [0.5, 0.6) is 0 Å². The van der Waals surface area contributed by atoms with E-state index in [-0.39, 0.29) is 10.8 Å². The lowest BCUT2D eigenvalue weighted by Gasteiger charge is -2.41. The monoisotopic (exact) mass is 348 g/mol. The average Bonchev–Trinajstić information content (AvgIpc) is 2.56. The maximum Gasteiger partial charge on any atom is 0.142 e. The van der Waals surface area contributed by atoms with Gasteiger partial charge in [0.25, 0.3) is 0 Å². The predicted molar refractivity (Wildman–Crippen MR) is 95.5 cm³/mol. The number of halogens is 3. The fourth-order valence-corrected chi connectivity index (χ4v) is 5.16. The van der Waals surface area contributed by atoms with Crippen LogP contribution in [-0.2, 0) is 0 Å². The number of hydrogen-bond acceptors (Lipinski definition) is 0. The molecular formula is C21H23ClF2. The van der Waals surface area contributed by atoms with Gasteiger partial charge in [0.15, 0.2) is 0 Å². The van der Waals surface area contributed by atoms with Crippen LogP contribution in [0.25, 0.3) is 10.8 Å². The quantitative estimate of drug-likeness (QED) is 0.516. The van der Waals surface area contributed by atoms with Crippen molar-refractivity contribution in [1.82, 2.24) is 0 Å². The second-order valence-corrected chi connectivity index (χ2v) is 8.35. The molecule has 2 aromatic rings. The van der Waals surface area contributed by atoms with Crippen molar-refractivity contribution in [2.45, 2.75) is 51.4 Å². The molecule has 2 fully saturated rings. The Labute approximate surface area is 147 Å². The van der Waals surface area contributed by atoms with Crippen molar-refractivity contribution in [1.29, 1.82) is 0 Å². The van der Waals surface area contributed by atoms with Gasteiger partial charge in [-0.1, -0.05) is 31.0 Å². The van der Waals surface area contributed by atoms with Crippen molar-refractivity contribution in [2.75, 3.05) is 0 Å². The first-order chi connectivity index (χ1) is 11.5. The average molecular weight is 349 g/mol. The Kier molecular flexibility index (Phi) is 4.28. The molecule has 0 bridgehead atoms. The number of fused-ring (bicyclic) bond motifs is 2. The Hall–Kier alpha value is -1.15. The fourth-order valence-electron chi connectivity index (χ4n) is 5.00. The Morgan fingerprint density at radius 1 is 0.875 bits per heavy atom. The highest BCUT2D eigenvalue weighted by molar-refractivity contribution is 6.31. The Morgan fingerprint density at radius 2 is 1.62 bits per heavy atom. The van der Waals surface area contributed by atoms with Gasteiger partial charge in [-0.3, -0.25) is 0 Å². The van der Waals surface area contributed by atoms with Gasteiger partial charge >= 0.3 is 0 Å². The second-order valence-electron chi connectivity index (χ2n) is 7.94. The predicted octanol–water partition coefficient (Wildman–Crippen LogP) is 7.09. The summed E-state index contributed by atoms with van der Waals surface area (Å²) in [5, 5.41) is 1.00. The second kappa shape index (κ2) is 6.29. The molecule has 2 aliphatic carbocycles. The van der Waals surface area contributed by atoms with Crippen LogP contribution < -0.4 is 0 Å². The van der Waals surface area contributed by atoms with Crippen LogP contribution >= 0.6 is 11.6 Å². The van der Waals surface area contributed by atoms with E-state index in [9.17, 15) is 8.78 Å². The minimum atomic E-state index is -0.481. The molecule has 24 heavy (non-hydrogen) atoms. The molecule has 0 aromatic heterocycles. The molecular weight excluding hydrogens is 326 g/mol. The first kappa shape index (κ1) is 16.3. The lowest BCUT2D eigenvalue weighted by atomic mass is 9.64. The third-order valence-corrected chi connectivity index (χ3v) is 6.60. The van der Waals surface area contributed by atoms with Crippen molar-refractivity contribution in [3.05, 3.63) is 46.5 Å². The van der Waals surface area contributed by atoms with Crippen molar-refractivity contribution in [2.24, 2.45) is 17.8 Å². The fraction of sp³-hybridized carbons (Fsp3) is 0.524. The van der Waals surface area contributed by atoms with Crippen LogP contribution in [0.15, 0.2) is 24.3 Å². The molecule has 0 amide bonds. The highest BCUT2D eigenvalue weighted by atomic mass is 35.5. The van der Waals surface area contributed by atoms with Gasteiger partial charge in [-0.05, 0) is 84.9 Å². The van der Waals surface area contributed by atoms with Crippen LogP contribution in [0.3, 0.4) is 0 Å². The van der Waals surface area contributed by atoms with Crippen LogP contribution in [0.4, 0.5) is 8.78 Å². The third kappa shape index (κ3) is 2.94. The SMILES string of the molecule is CC1CCC2CC(c3cc(F)c4cc(Cl)c(F)cc4c3)CCC2C1. The summed E-state index contributed by atoms with van der Waals surface area (Å²) in [5.41, 5.74) is 1.03. The molecule has 0 N–H and O–H groups in total. The van der Waals surface area contributed by atoms with E-state index < -0.39 is 5.82 Å². The molecule has 4 unspecified atom stereocenters. The van der Waals surface area contributed by atoms with E-state index in [0.717, 1.165) is 36.2 Å². The highest BCUT2D eigenvalue weighted by Crippen LogP contribution is 2.47. The Bertz CT molecular complexity index is 770. The van der Waals surface area contributed by atoms with Gasteiger partial charge in [-0.2, -0.15) is 0 Å². The lowest BCUT2D eigenvalue weighted by molar-refractivity contribution is 0.124. The topological polar surface area (TPSA) is 0 Å². The molecule has 4 rings (SSSR count). The molecule has 0 aliphatic heterocycles. The maximum absolute atomic E-state index is 14.5. The zero-order valence-electron chi connectivity index (χ0n) is 14.0. The molecule has 2 saturated carbocycles. The summed E-state index contributed by atoms with van der Waals surface area (Å²) in [6.07, 6.45) is 7.50. The van der Waals surface area contributed by atoms with Crippen LogP contribution in [0.2, 0.25) is 5.02 Å². The molecule has 2 aliphatic rings. The van der Waals surface area contributed by atoms with Crippen LogP contribution in [0, 0.1) is 29.4 Å². The van der Waals surface area contributed by atoms with Gasteiger partial charge in [0.1, 0.15) is 11.6 Å². The van der Waals surface area contributed by atoms with Crippen LogP contribution in [0.1, 0.15) is 56.9 Å². The summed E-state index contributed by atoms with van der Waals surface area (Å²) in [5.74, 6) is 2.12. The maximum atomic E-state index is 14.5. The molecule has 0 nitrogen and oxygen atoms in total. The smallest absolute Gasteiger partial charge is 0.142 e. The van der Waals surface area contributed by atoms with Crippen molar-refractivity contribution < 1.29 is 8.78 Å². The van der Waals surface area contributed by atoms with E-state index in [1.54, 1.807) is 6.07 Å². The van der Waals surface area contributed by atoms with E-state index in [1.807, 2.05) is 6.07 Å². The van der Waals surface area contributed by atoms with Crippen molar-refractivity contribution >= 4 is 22.4 Å². The summed E-state index contributed by atoms with van der Waals surface area (Å²) < 4.78 is 28.3. The standard InChI is InChI=1S/C21H23ClF2/c1-12-2-3-14-7-15(5-4-13(14)6-12)16-8-17-10-21(24)19(22)11-18(17)20(23)9-16/h8-15H,2-7H2,1H3. The summed E-state index contributed by atoms with van der Waals surface area (Å²) in [6, 6.07) is 6.37. The minimum Gasteiger partial charge on any atom is -0.206 e. The van der Waals surface area contributed by atoms with Gasteiger partial charge in [0, 0.05) is 5.39 Å². The molecule has 2 aromatic carbocycles. The molecule has 3 heteroatoms. The Morgan fingerprint density at radius 3 is 2.46 bits per heavy atom. The van der Waals surface area contributed by atoms with E-state index in [0.29, 0.717) is 16.7 Å². The van der Waals surface area contributed by atoms with E-state index in [1.165, 1.54) is 37.8 Å². The van der Waals surface area contributed by atoms with Gasteiger partial charge < -0.3 is 0 Å². The summed E-state index contributed by atoms with van der Waals surface area (Å²) in [7, 11) is 0. The van der Waals surface area contributed by atoms with E-state index >= 15 is 0 Å². The first-order valence-electron chi connectivity index (χ1n) is 9.09. The number of hydrogen-bond donors (Lipinski definition) is 0. The Balaban J connectivity index is 1.64. The summed E-state index contributed by atoms with van der Waals surface area (Å²) >= 11 is 5.79. The van der Waals surface area contributed by atoms with Crippen molar-refractivity contribution in [3.8, 4) is 0 Å². The minimum absolute atomic E-state index is 0.0222. The highest BCUT2D eigenvalue weighted by Gasteiger charge is 2.35. The van der Waals surface area contributed by atoms with Gasteiger partial charge in [-0.25, -0.2) is 8.78 Å². The normalized spacial score (nSPS) is 30.3. The van der Waals surface area contributed by atoms with Crippen LogP contribution in [-0.4, -0.2) is 0 Å². The molecule has 128 valence electrons. The van der Waals surface area contributed by atoms with E-state index in [4.69, 9.17) is 11.6 Å². The molecule has 0 radical (unpaired) electrons. The van der Waals surface area contributed by atoms with Gasteiger partial charge in [0.05, 0.1) is 5.02 Å². The summed E-state index contributed by atoms with van der Waals surface area (Å²) in [4.78, 5) is 0. The van der Waals surface area contributed by atoms with Gasteiger partial charge in [0.2, 0.25) is 0 Å². The molecule has 0 saturated heterocycles.